The van der Waals surface area contributed by atoms with Gasteiger partial charge in [0.15, 0.2) is 0 Å². The molecule has 0 bridgehead atoms. The van der Waals surface area contributed by atoms with Gasteiger partial charge in [-0.25, -0.2) is 4.79 Å². The van der Waals surface area contributed by atoms with E-state index in [0.29, 0.717) is 10.6 Å². The van der Waals surface area contributed by atoms with E-state index in [1.165, 1.54) is 24.5 Å². The summed E-state index contributed by atoms with van der Waals surface area (Å²) in [7, 11) is 0. The summed E-state index contributed by atoms with van der Waals surface area (Å²) >= 11 is 1.24. The van der Waals surface area contributed by atoms with Gasteiger partial charge < -0.3 is 11.1 Å². The smallest absolute Gasteiger partial charge is 0.328 e. The first-order chi connectivity index (χ1) is 10.7. The van der Waals surface area contributed by atoms with Crippen molar-refractivity contribution in [2.75, 3.05) is 5.32 Å². The van der Waals surface area contributed by atoms with Crippen molar-refractivity contribution in [1.29, 1.82) is 0 Å². The first-order valence-corrected chi connectivity index (χ1v) is 7.52. The number of H-pyrrole nitrogens is 1. The van der Waals surface area contributed by atoms with Gasteiger partial charge in [-0.15, -0.1) is 11.3 Å². The number of nitrogens with zero attached hydrogens (tertiary/aromatic N) is 1. The summed E-state index contributed by atoms with van der Waals surface area (Å²) < 4.78 is 1.09. The number of primary amides is 1. The third kappa shape index (κ3) is 3.39. The van der Waals surface area contributed by atoms with Crippen LogP contribution in [0.25, 0.3) is 0 Å². The lowest BCUT2D eigenvalue weighted by Gasteiger charge is -2.07. The third-order valence-electron chi connectivity index (χ3n) is 3.39. The van der Waals surface area contributed by atoms with Gasteiger partial charge >= 0.3 is 5.69 Å². The van der Waals surface area contributed by atoms with Gasteiger partial charge in [0.05, 0.1) is 5.56 Å². The third-order valence-corrected chi connectivity index (χ3v) is 4.51. The minimum absolute atomic E-state index is 0.269. The van der Waals surface area contributed by atoms with E-state index in [4.69, 9.17) is 5.73 Å². The number of carbonyl (C=O) groups is 2. The molecule has 122 valence electrons. The number of thiophene rings is 1. The Hall–Kier alpha value is -2.68. The van der Waals surface area contributed by atoms with Crippen LogP contribution in [0.4, 0.5) is 5.00 Å². The van der Waals surface area contributed by atoms with Crippen molar-refractivity contribution in [2.45, 2.75) is 27.3 Å². The SMILES string of the molecule is Cc1sc(NC(=O)Cn2cc(C)c(=O)[nH]c2=O)c(C(N)=O)c1C. The molecule has 0 aliphatic heterocycles. The standard InChI is InChI=1S/C14H16N4O4S/c1-6-4-18(14(22)17-12(6)21)5-9(19)16-13-10(11(15)20)7(2)8(3)23-13/h4H,5H2,1-3H3,(H2,15,20)(H,16,19)(H,17,21,22). The van der Waals surface area contributed by atoms with Crippen LogP contribution in [0.15, 0.2) is 15.8 Å². The van der Waals surface area contributed by atoms with Crippen LogP contribution in [0, 0.1) is 20.8 Å². The first kappa shape index (κ1) is 16.7. The maximum Gasteiger partial charge on any atom is 0.328 e. The lowest BCUT2D eigenvalue weighted by molar-refractivity contribution is -0.116. The number of nitrogens with two attached hydrogens (primary N) is 1. The number of hydrogen-bond donors (Lipinski definition) is 3. The topological polar surface area (TPSA) is 127 Å². The molecule has 4 N–H and O–H groups in total. The fraction of sp³-hybridized carbons (Fsp3) is 0.286. The Bertz CT molecular complexity index is 906. The van der Waals surface area contributed by atoms with E-state index < -0.39 is 23.1 Å². The maximum atomic E-state index is 12.1. The van der Waals surface area contributed by atoms with Crippen LogP contribution in [0.1, 0.15) is 26.4 Å². The highest BCUT2D eigenvalue weighted by atomic mass is 32.1. The van der Waals surface area contributed by atoms with Crippen molar-refractivity contribution in [3.63, 3.8) is 0 Å². The highest BCUT2D eigenvalue weighted by molar-refractivity contribution is 7.16. The van der Waals surface area contributed by atoms with E-state index in [-0.39, 0.29) is 12.1 Å². The normalized spacial score (nSPS) is 10.6. The van der Waals surface area contributed by atoms with Crippen LogP contribution >= 0.6 is 11.3 Å². The van der Waals surface area contributed by atoms with Gasteiger partial charge in [0.1, 0.15) is 11.5 Å². The molecule has 2 aromatic rings. The van der Waals surface area contributed by atoms with Crippen LogP contribution in [0.5, 0.6) is 0 Å². The molecular formula is C14H16N4O4S. The molecule has 2 heterocycles. The quantitative estimate of drug-likeness (QED) is 0.740. The second-order valence-corrected chi connectivity index (χ2v) is 6.32. The Morgan fingerprint density at radius 3 is 2.57 bits per heavy atom. The molecule has 8 nitrogen and oxygen atoms in total. The fourth-order valence-corrected chi connectivity index (χ4v) is 3.15. The number of hydrogen-bond acceptors (Lipinski definition) is 5. The van der Waals surface area contributed by atoms with E-state index in [1.807, 2.05) is 6.92 Å². The van der Waals surface area contributed by atoms with Crippen molar-refractivity contribution in [1.82, 2.24) is 9.55 Å². The molecule has 0 saturated heterocycles. The van der Waals surface area contributed by atoms with Crippen LogP contribution < -0.4 is 22.3 Å². The van der Waals surface area contributed by atoms with Crippen molar-refractivity contribution < 1.29 is 9.59 Å². The lowest BCUT2D eigenvalue weighted by atomic mass is 10.1. The zero-order chi connectivity index (χ0) is 17.3. The van der Waals surface area contributed by atoms with Crippen molar-refractivity contribution in [3.8, 4) is 0 Å². The van der Waals surface area contributed by atoms with Crippen LogP contribution in [-0.2, 0) is 11.3 Å². The molecule has 0 aliphatic rings. The molecule has 0 aliphatic carbocycles. The van der Waals surface area contributed by atoms with Crippen LogP contribution in [0.3, 0.4) is 0 Å². The molecule has 23 heavy (non-hydrogen) atoms. The zero-order valence-electron chi connectivity index (χ0n) is 12.9. The van der Waals surface area contributed by atoms with Gasteiger partial charge in [0.25, 0.3) is 11.5 Å². The van der Waals surface area contributed by atoms with E-state index in [1.54, 1.807) is 6.92 Å². The molecule has 0 unspecified atom stereocenters. The summed E-state index contributed by atoms with van der Waals surface area (Å²) in [5.41, 5.74) is 5.47. The number of amides is 2. The molecule has 0 atom stereocenters. The minimum atomic E-state index is -0.676. The summed E-state index contributed by atoms with van der Waals surface area (Å²) in [6.45, 7) is 4.81. The van der Waals surface area contributed by atoms with E-state index in [0.717, 1.165) is 15.0 Å². The summed E-state index contributed by atoms with van der Waals surface area (Å²) in [6, 6.07) is 0. The second kappa shape index (κ2) is 6.21. The molecule has 2 aromatic heterocycles. The largest absolute Gasteiger partial charge is 0.365 e. The molecule has 0 radical (unpaired) electrons. The Balaban J connectivity index is 2.26. The fourth-order valence-electron chi connectivity index (χ4n) is 2.07. The van der Waals surface area contributed by atoms with Gasteiger partial charge in [0.2, 0.25) is 5.91 Å². The molecule has 0 saturated carbocycles. The minimum Gasteiger partial charge on any atom is -0.365 e. The number of anilines is 1. The Kier molecular flexibility index (Phi) is 4.50. The van der Waals surface area contributed by atoms with E-state index >= 15 is 0 Å². The number of rotatable bonds is 4. The summed E-state index contributed by atoms with van der Waals surface area (Å²) in [5.74, 6) is -1.12. The Morgan fingerprint density at radius 1 is 1.30 bits per heavy atom. The number of nitrogens with one attached hydrogen (secondary N) is 2. The molecule has 0 fully saturated rings. The van der Waals surface area contributed by atoms with Crippen molar-refractivity contribution >= 4 is 28.2 Å². The molecule has 2 rings (SSSR count). The van der Waals surface area contributed by atoms with Gasteiger partial charge in [0, 0.05) is 16.6 Å². The monoisotopic (exact) mass is 336 g/mol. The van der Waals surface area contributed by atoms with Crippen molar-refractivity contribution in [2.24, 2.45) is 5.73 Å². The lowest BCUT2D eigenvalue weighted by Crippen LogP contribution is -2.34. The van der Waals surface area contributed by atoms with Gasteiger partial charge in [-0.05, 0) is 26.3 Å². The highest BCUT2D eigenvalue weighted by Crippen LogP contribution is 2.31. The maximum absolute atomic E-state index is 12.1. The van der Waals surface area contributed by atoms with Gasteiger partial charge in [-0.3, -0.25) is 23.9 Å². The van der Waals surface area contributed by atoms with Gasteiger partial charge in [-0.2, -0.15) is 0 Å². The molecule has 2 amide bonds. The molecule has 0 spiro atoms. The Labute approximate surface area is 135 Å². The Morgan fingerprint density at radius 2 is 1.96 bits per heavy atom. The van der Waals surface area contributed by atoms with E-state index in [9.17, 15) is 19.2 Å². The number of aryl methyl sites for hydroxylation is 2. The van der Waals surface area contributed by atoms with Gasteiger partial charge in [-0.1, -0.05) is 0 Å². The zero-order valence-corrected chi connectivity index (χ0v) is 13.7. The predicted octanol–water partition coefficient (Wildman–Crippen LogP) is 0.261. The molecular weight excluding hydrogens is 320 g/mol. The second-order valence-electron chi connectivity index (χ2n) is 5.10. The molecule has 9 heteroatoms. The highest BCUT2D eigenvalue weighted by Gasteiger charge is 2.19. The predicted molar refractivity (Wildman–Crippen MR) is 87.0 cm³/mol. The van der Waals surface area contributed by atoms with E-state index in [2.05, 4.69) is 10.3 Å². The number of aromatic amines is 1. The summed E-state index contributed by atoms with van der Waals surface area (Å²) in [4.78, 5) is 49.6. The summed E-state index contributed by atoms with van der Waals surface area (Å²) in [5, 5.41) is 2.94. The van der Waals surface area contributed by atoms with Crippen LogP contribution in [0.2, 0.25) is 0 Å². The average molecular weight is 336 g/mol. The average Bonchev–Trinajstić information content (AvgIpc) is 2.70. The van der Waals surface area contributed by atoms with Crippen LogP contribution in [-0.4, -0.2) is 21.4 Å². The van der Waals surface area contributed by atoms with Crippen molar-refractivity contribution in [3.05, 3.63) is 48.6 Å². The molecule has 0 aromatic carbocycles. The summed E-state index contributed by atoms with van der Waals surface area (Å²) in [6.07, 6.45) is 1.31. The number of aromatic nitrogens is 2. The first-order valence-electron chi connectivity index (χ1n) is 6.70. The number of carbonyl (C=O) groups excluding carboxylic acids is 2.